The molecule has 1 aromatic carbocycles. The zero-order valence-corrected chi connectivity index (χ0v) is 13.9. The molecular formula is C15H18INS. The fourth-order valence-electron chi connectivity index (χ4n) is 2.17. The molecule has 1 atom stereocenters. The Kier molecular flexibility index (Phi) is 4.81. The molecule has 1 aromatic heterocycles. The second kappa shape index (κ2) is 6.17. The summed E-state index contributed by atoms with van der Waals surface area (Å²) in [7, 11) is 0. The minimum absolute atomic E-state index is 0.325. The summed E-state index contributed by atoms with van der Waals surface area (Å²) in [6.45, 7) is 7.52. The van der Waals surface area contributed by atoms with Crippen LogP contribution in [0.1, 0.15) is 33.8 Å². The van der Waals surface area contributed by atoms with Crippen LogP contribution >= 0.6 is 33.9 Å². The number of nitrogens with one attached hydrogen (secondary N) is 1. The molecular weight excluding hydrogens is 353 g/mol. The molecule has 0 aliphatic rings. The van der Waals surface area contributed by atoms with Crippen molar-refractivity contribution < 1.29 is 0 Å². The van der Waals surface area contributed by atoms with Gasteiger partial charge in [-0.3, -0.25) is 0 Å². The Morgan fingerprint density at radius 3 is 2.39 bits per heavy atom. The largest absolute Gasteiger partial charge is 0.306 e. The lowest BCUT2D eigenvalue weighted by Gasteiger charge is -2.18. The normalized spacial score (nSPS) is 12.7. The monoisotopic (exact) mass is 371 g/mol. The molecule has 0 amide bonds. The Hall–Kier alpha value is -0.390. The first-order valence-corrected chi connectivity index (χ1v) is 8.07. The number of hydrogen-bond acceptors (Lipinski definition) is 2. The Morgan fingerprint density at radius 2 is 1.89 bits per heavy atom. The fraction of sp³-hybridized carbons (Fsp3) is 0.333. The van der Waals surface area contributed by atoms with Gasteiger partial charge >= 0.3 is 0 Å². The van der Waals surface area contributed by atoms with Crippen molar-refractivity contribution >= 4 is 33.9 Å². The summed E-state index contributed by atoms with van der Waals surface area (Å²) in [5.41, 5.74) is 2.74. The predicted molar refractivity (Wildman–Crippen MR) is 88.5 cm³/mol. The average molecular weight is 371 g/mol. The summed E-state index contributed by atoms with van der Waals surface area (Å²) in [6, 6.07) is 11.4. The van der Waals surface area contributed by atoms with Gasteiger partial charge in [0.15, 0.2) is 0 Å². The minimum Gasteiger partial charge on any atom is -0.306 e. The molecule has 0 bridgehead atoms. The Labute approximate surface area is 127 Å². The van der Waals surface area contributed by atoms with Crippen LogP contribution in [-0.4, -0.2) is 6.54 Å². The smallest absolute Gasteiger partial charge is 0.0673 e. The maximum Gasteiger partial charge on any atom is 0.0673 e. The van der Waals surface area contributed by atoms with Crippen molar-refractivity contribution in [2.24, 2.45) is 0 Å². The average Bonchev–Trinajstić information content (AvgIpc) is 2.67. The lowest BCUT2D eigenvalue weighted by molar-refractivity contribution is 0.637. The van der Waals surface area contributed by atoms with E-state index in [1.807, 2.05) is 11.3 Å². The van der Waals surface area contributed by atoms with E-state index in [0.717, 1.165) is 6.54 Å². The molecule has 0 saturated carbocycles. The van der Waals surface area contributed by atoms with Crippen molar-refractivity contribution in [3.63, 3.8) is 0 Å². The van der Waals surface area contributed by atoms with E-state index >= 15 is 0 Å². The van der Waals surface area contributed by atoms with Gasteiger partial charge in [0.25, 0.3) is 0 Å². The van der Waals surface area contributed by atoms with Gasteiger partial charge in [-0.2, -0.15) is 0 Å². The van der Waals surface area contributed by atoms with Crippen molar-refractivity contribution in [1.82, 2.24) is 5.32 Å². The molecule has 1 heterocycles. The summed E-state index contributed by atoms with van der Waals surface area (Å²) in [5, 5.41) is 3.60. The van der Waals surface area contributed by atoms with Crippen molar-refractivity contribution in [2.75, 3.05) is 6.54 Å². The van der Waals surface area contributed by atoms with Crippen LogP contribution < -0.4 is 5.32 Å². The van der Waals surface area contributed by atoms with Gasteiger partial charge in [0.2, 0.25) is 0 Å². The van der Waals surface area contributed by atoms with Crippen molar-refractivity contribution in [3.8, 4) is 0 Å². The van der Waals surface area contributed by atoms with Crippen LogP contribution in [0.25, 0.3) is 0 Å². The maximum absolute atomic E-state index is 3.60. The summed E-state index contributed by atoms with van der Waals surface area (Å²) >= 11 is 4.25. The lowest BCUT2D eigenvalue weighted by atomic mass is 10.0. The molecule has 0 aliphatic heterocycles. The van der Waals surface area contributed by atoms with Crippen LogP contribution in [0.2, 0.25) is 0 Å². The van der Waals surface area contributed by atoms with Crippen LogP contribution in [0, 0.1) is 17.4 Å². The van der Waals surface area contributed by atoms with Crippen LogP contribution in [0.15, 0.2) is 30.3 Å². The van der Waals surface area contributed by atoms with Gasteiger partial charge in [-0.15, -0.1) is 11.3 Å². The second-order valence-corrected chi connectivity index (χ2v) is 6.98. The molecule has 1 unspecified atom stereocenters. The molecule has 3 heteroatoms. The van der Waals surface area contributed by atoms with Crippen LogP contribution in [0.5, 0.6) is 0 Å². The Bertz CT molecular complexity index is 516. The van der Waals surface area contributed by atoms with Gasteiger partial charge in [0.05, 0.1) is 6.04 Å². The van der Waals surface area contributed by atoms with E-state index in [-0.39, 0.29) is 0 Å². The zero-order valence-electron chi connectivity index (χ0n) is 11.0. The maximum atomic E-state index is 3.60. The highest BCUT2D eigenvalue weighted by molar-refractivity contribution is 14.1. The highest BCUT2D eigenvalue weighted by atomic mass is 127. The molecule has 0 fully saturated rings. The van der Waals surface area contributed by atoms with Crippen molar-refractivity contribution in [2.45, 2.75) is 26.8 Å². The highest BCUT2D eigenvalue weighted by Gasteiger charge is 2.17. The van der Waals surface area contributed by atoms with E-state index in [0.29, 0.717) is 6.04 Å². The molecule has 1 nitrogen and oxygen atoms in total. The zero-order chi connectivity index (χ0) is 13.1. The van der Waals surface area contributed by atoms with Gasteiger partial charge in [0, 0.05) is 13.3 Å². The number of halogens is 1. The van der Waals surface area contributed by atoms with E-state index in [1.165, 1.54) is 24.5 Å². The molecule has 0 spiro atoms. The third-order valence-corrected chi connectivity index (χ3v) is 4.89. The lowest BCUT2D eigenvalue weighted by Crippen LogP contribution is -2.21. The molecule has 0 radical (unpaired) electrons. The number of benzene rings is 1. The summed E-state index contributed by atoms with van der Waals surface area (Å²) in [5.74, 6) is 0. The minimum atomic E-state index is 0.325. The molecule has 96 valence electrons. The Balaban J connectivity index is 2.39. The topological polar surface area (TPSA) is 12.0 Å². The highest BCUT2D eigenvalue weighted by Crippen LogP contribution is 2.32. The van der Waals surface area contributed by atoms with Gasteiger partial charge < -0.3 is 5.32 Å². The molecule has 2 aromatic rings. The van der Waals surface area contributed by atoms with E-state index in [9.17, 15) is 0 Å². The van der Waals surface area contributed by atoms with Crippen molar-refractivity contribution in [3.05, 3.63) is 54.8 Å². The first-order valence-electron chi connectivity index (χ1n) is 6.17. The third-order valence-electron chi connectivity index (χ3n) is 2.95. The first kappa shape index (κ1) is 14.0. The molecule has 0 aliphatic carbocycles. The fourth-order valence-corrected chi connectivity index (χ4v) is 3.67. The molecule has 18 heavy (non-hydrogen) atoms. The van der Waals surface area contributed by atoms with Crippen LogP contribution in [0.4, 0.5) is 0 Å². The Morgan fingerprint density at radius 1 is 1.22 bits per heavy atom. The number of thiophene rings is 1. The summed E-state index contributed by atoms with van der Waals surface area (Å²) in [4.78, 5) is 2.83. The number of rotatable bonds is 4. The van der Waals surface area contributed by atoms with Gasteiger partial charge in [0.1, 0.15) is 0 Å². The molecule has 1 N–H and O–H groups in total. The van der Waals surface area contributed by atoms with Gasteiger partial charge in [-0.25, -0.2) is 0 Å². The van der Waals surface area contributed by atoms with Crippen LogP contribution in [-0.2, 0) is 0 Å². The van der Waals surface area contributed by atoms with E-state index in [1.54, 1.807) is 0 Å². The number of aryl methyl sites for hydroxylation is 2. The SMILES string of the molecule is CCNC(c1ccc(I)cc1)c1sc(C)cc1C. The van der Waals surface area contributed by atoms with E-state index in [4.69, 9.17) is 0 Å². The summed E-state index contributed by atoms with van der Waals surface area (Å²) < 4.78 is 1.28. The predicted octanol–water partition coefficient (Wildman–Crippen LogP) is 4.67. The van der Waals surface area contributed by atoms with Crippen molar-refractivity contribution in [1.29, 1.82) is 0 Å². The second-order valence-electron chi connectivity index (χ2n) is 4.45. The van der Waals surface area contributed by atoms with Gasteiger partial charge in [-0.1, -0.05) is 19.1 Å². The van der Waals surface area contributed by atoms with Crippen LogP contribution in [0.3, 0.4) is 0 Å². The quantitative estimate of drug-likeness (QED) is 0.771. The van der Waals surface area contributed by atoms with Gasteiger partial charge in [-0.05, 0) is 72.3 Å². The first-order chi connectivity index (χ1) is 8.61. The van der Waals surface area contributed by atoms with E-state index in [2.05, 4.69) is 79.0 Å². The van der Waals surface area contributed by atoms with E-state index < -0.39 is 0 Å². The molecule has 0 saturated heterocycles. The standard InChI is InChI=1S/C15H18INS/c1-4-17-14(12-5-7-13(16)8-6-12)15-10(2)9-11(3)18-15/h5-9,14,17H,4H2,1-3H3. The summed E-state index contributed by atoms with van der Waals surface area (Å²) in [6.07, 6.45) is 0. The number of hydrogen-bond donors (Lipinski definition) is 1. The third kappa shape index (κ3) is 3.13. The molecule has 2 rings (SSSR count).